The summed E-state index contributed by atoms with van der Waals surface area (Å²) in [6.45, 7) is 0. The maximum Gasteiger partial charge on any atom is 1.00 e. The monoisotopic (exact) mass is 320 g/mol. The summed E-state index contributed by atoms with van der Waals surface area (Å²) in [6.07, 6.45) is 0. The molecular formula is H18FNa4O10P. The summed E-state index contributed by atoms with van der Waals surface area (Å²) in [5, 5.41) is 0. The molecule has 0 saturated carbocycles. The zero-order valence-electron chi connectivity index (χ0n) is 13.5. The third-order valence-corrected chi connectivity index (χ3v) is 0.270. The van der Waals surface area contributed by atoms with Gasteiger partial charge in [-0.2, -0.15) is 0 Å². The molecule has 0 radical (unpaired) electrons. The average molecular weight is 320 g/mol. The van der Waals surface area contributed by atoms with Crippen LogP contribution in [0.4, 0.5) is 4.53 Å². The van der Waals surface area contributed by atoms with Crippen molar-refractivity contribution in [2.24, 2.45) is 0 Å². The van der Waals surface area contributed by atoms with Gasteiger partial charge in [0.25, 0.3) is 0 Å². The summed E-state index contributed by atoms with van der Waals surface area (Å²) >= 11 is 0. The second kappa shape index (κ2) is 51.1. The minimum Gasteiger partial charge on any atom is -1.00 e. The first-order valence-corrected chi connectivity index (χ1v) is 2.45. The summed E-state index contributed by atoms with van der Waals surface area (Å²) < 4.78 is 21.4. The van der Waals surface area contributed by atoms with E-state index in [0.29, 0.717) is 0 Å². The first-order chi connectivity index (χ1) is 2.56. The fraction of sp³-hybridized carbons (Fsp3) is 0. The summed E-state index contributed by atoms with van der Waals surface area (Å²) in [5.74, 6) is 0. The van der Waals surface area contributed by atoms with Crippen molar-refractivity contribution in [2.75, 3.05) is 0 Å². The number of phosphoric acid groups is 1. The van der Waals surface area contributed by atoms with Crippen LogP contribution in [0.5, 0.6) is 0 Å². The van der Waals surface area contributed by atoms with Gasteiger partial charge in [0, 0.05) is 0 Å². The molecule has 0 aromatic carbocycles. The molecule has 0 amide bonds. The normalized spacial score (nSPS) is 4.44. The van der Waals surface area contributed by atoms with E-state index < -0.39 is 7.82 Å². The van der Waals surface area contributed by atoms with Gasteiger partial charge in [0.2, 0.25) is 0 Å². The summed E-state index contributed by atoms with van der Waals surface area (Å²) in [7, 11) is -4.81. The Labute approximate surface area is 185 Å². The van der Waals surface area contributed by atoms with Crippen LogP contribution in [0.3, 0.4) is 0 Å². The van der Waals surface area contributed by atoms with Gasteiger partial charge in [0.15, 0.2) is 0 Å². The largest absolute Gasteiger partial charge is 1.00 e. The van der Waals surface area contributed by atoms with Crippen molar-refractivity contribution >= 4 is 7.82 Å². The van der Waals surface area contributed by atoms with E-state index in [1.165, 1.54) is 0 Å². The standard InChI is InChI=1S/FH2O4P.4Na.6H2O.4H/c1-5-6(2,3)4;;;;;;;;;;;;;;/h(H2,2,3,4);;;;;6*1H2;;;;/q;4*+1;;;;;;;4*-1. The van der Waals surface area contributed by atoms with E-state index in [1.807, 2.05) is 0 Å². The van der Waals surface area contributed by atoms with Gasteiger partial charge in [-0.05, 0) is 4.53 Å². The van der Waals surface area contributed by atoms with Crippen LogP contribution < -0.4 is 118 Å². The van der Waals surface area contributed by atoms with Crippen molar-refractivity contribution in [3.8, 4) is 0 Å². The topological polar surface area (TPSA) is 256 Å². The molecule has 0 aromatic rings. The Morgan fingerprint density at radius 2 is 0.875 bits per heavy atom. The molecule has 0 saturated heterocycles. The van der Waals surface area contributed by atoms with Gasteiger partial charge in [-0.3, -0.25) is 0 Å². The van der Waals surface area contributed by atoms with Crippen molar-refractivity contribution in [3.05, 3.63) is 0 Å². The first-order valence-electron chi connectivity index (χ1n) is 0.919. The summed E-state index contributed by atoms with van der Waals surface area (Å²) in [6, 6.07) is 0. The Morgan fingerprint density at radius 3 is 0.875 bits per heavy atom. The third kappa shape index (κ3) is 109. The van der Waals surface area contributed by atoms with Crippen LogP contribution >= 0.6 is 7.82 Å². The van der Waals surface area contributed by atoms with Crippen molar-refractivity contribution in [2.45, 2.75) is 0 Å². The Kier molecular flexibility index (Phi) is 288. The van der Waals surface area contributed by atoms with E-state index in [2.05, 4.69) is 4.73 Å². The van der Waals surface area contributed by atoms with E-state index in [0.717, 1.165) is 0 Å². The zero-order chi connectivity index (χ0) is 5.21. The number of hydrogen-bond donors (Lipinski definition) is 2. The van der Waals surface area contributed by atoms with Crippen LogP contribution in [0.1, 0.15) is 5.71 Å². The van der Waals surface area contributed by atoms with Gasteiger partial charge in [-0.15, -0.1) is 0 Å². The van der Waals surface area contributed by atoms with Crippen LogP contribution in [-0.4, -0.2) is 42.6 Å². The quantitative estimate of drug-likeness (QED) is 0.352. The molecule has 0 aliphatic heterocycles. The molecule has 0 aliphatic carbocycles. The van der Waals surface area contributed by atoms with Crippen molar-refractivity contribution in [3.63, 3.8) is 0 Å². The molecule has 16 heavy (non-hydrogen) atoms. The molecule has 10 nitrogen and oxygen atoms in total. The number of halogens is 1. The van der Waals surface area contributed by atoms with Gasteiger partial charge in [-0.1, -0.05) is 4.73 Å². The summed E-state index contributed by atoms with van der Waals surface area (Å²) in [4.78, 5) is 14.7. The van der Waals surface area contributed by atoms with Crippen molar-refractivity contribution in [1.82, 2.24) is 0 Å². The van der Waals surface area contributed by atoms with E-state index in [1.54, 1.807) is 0 Å². The molecule has 0 fully saturated rings. The van der Waals surface area contributed by atoms with Gasteiger partial charge >= 0.3 is 126 Å². The SMILES string of the molecule is O.O.O.O.O.O.O=P(O)(O)OF.[H-].[H-].[H-].[H-].[Na+].[Na+].[Na+].[Na+]. The van der Waals surface area contributed by atoms with Crippen LogP contribution in [0.25, 0.3) is 0 Å². The van der Waals surface area contributed by atoms with E-state index in [4.69, 9.17) is 14.4 Å². The number of hydrogen-bond acceptors (Lipinski definition) is 2. The third-order valence-electron chi connectivity index (χ3n) is 0.0899. The zero-order valence-corrected chi connectivity index (χ0v) is 18.4. The first kappa shape index (κ1) is 90.4. The van der Waals surface area contributed by atoms with Crippen LogP contribution in [0.2, 0.25) is 0 Å². The molecular weight excluding hydrogens is 302 g/mol. The van der Waals surface area contributed by atoms with Crippen molar-refractivity contribution in [1.29, 1.82) is 0 Å². The molecule has 16 heteroatoms. The molecule has 0 bridgehead atoms. The Hall–Kier alpha value is 3.80. The van der Waals surface area contributed by atoms with Crippen molar-refractivity contribution < 1.29 is 180 Å². The predicted molar refractivity (Wildman–Crippen MR) is 40.4 cm³/mol. The molecule has 0 heterocycles. The fourth-order valence-corrected chi connectivity index (χ4v) is 0. The fourth-order valence-electron chi connectivity index (χ4n) is 0. The predicted octanol–water partition coefficient (Wildman–Crippen LogP) is -16.5. The smallest absolute Gasteiger partial charge is 1.00 e. The molecule has 0 unspecified atom stereocenters. The minimum absolute atomic E-state index is 0. The van der Waals surface area contributed by atoms with Gasteiger partial charge in [-0.25, -0.2) is 4.57 Å². The van der Waals surface area contributed by atoms with Crippen LogP contribution in [0.15, 0.2) is 0 Å². The Morgan fingerprint density at radius 1 is 0.812 bits per heavy atom. The Bertz CT molecular complexity index is 101. The molecule has 14 N–H and O–H groups in total. The molecule has 0 rings (SSSR count). The van der Waals surface area contributed by atoms with E-state index >= 15 is 0 Å². The molecule has 94 valence electrons. The van der Waals surface area contributed by atoms with Gasteiger partial charge < -0.3 is 48.4 Å². The summed E-state index contributed by atoms with van der Waals surface area (Å²) in [5.41, 5.74) is 0. The molecule has 0 spiro atoms. The molecule has 0 atom stereocenters. The van der Waals surface area contributed by atoms with Gasteiger partial charge in [0.05, 0.1) is 0 Å². The second-order valence-corrected chi connectivity index (χ2v) is 1.68. The van der Waals surface area contributed by atoms with E-state index in [9.17, 15) is 4.53 Å². The Balaban J connectivity index is -0.00000000137. The van der Waals surface area contributed by atoms with Crippen LogP contribution in [-0.2, 0) is 9.29 Å². The maximum atomic E-state index is 10.2. The van der Waals surface area contributed by atoms with E-state index in [-0.39, 0.29) is 157 Å². The molecule has 0 aromatic heterocycles. The second-order valence-electron chi connectivity index (χ2n) is 0.560. The minimum atomic E-state index is -4.81. The maximum absolute atomic E-state index is 10.2. The molecule has 0 aliphatic rings. The number of rotatable bonds is 1. The van der Waals surface area contributed by atoms with Crippen LogP contribution in [0, 0.1) is 0 Å². The van der Waals surface area contributed by atoms with Gasteiger partial charge in [0.1, 0.15) is 0 Å². The average Bonchev–Trinajstić information content (AvgIpc) is 1.35.